The van der Waals surface area contributed by atoms with Gasteiger partial charge in [0.15, 0.2) is 4.96 Å². The van der Waals surface area contributed by atoms with Crippen LogP contribution in [0, 0.1) is 5.82 Å². The van der Waals surface area contributed by atoms with Gasteiger partial charge in [0, 0.05) is 30.2 Å². The summed E-state index contributed by atoms with van der Waals surface area (Å²) in [5, 5.41) is 4.30. The first-order chi connectivity index (χ1) is 14.0. The molecule has 10 heteroatoms. The molecular formula is C19H17FN4O4S. The number of methoxy groups -OCH3 is 1. The molecule has 8 nitrogen and oxygen atoms in total. The summed E-state index contributed by atoms with van der Waals surface area (Å²) in [6.07, 6.45) is 1.36. The van der Waals surface area contributed by atoms with Crippen LogP contribution in [-0.2, 0) is 14.3 Å². The summed E-state index contributed by atoms with van der Waals surface area (Å²) in [6.45, 7) is 0.554. The van der Waals surface area contributed by atoms with Crippen LogP contribution in [-0.4, -0.2) is 58.3 Å². The van der Waals surface area contributed by atoms with Gasteiger partial charge in [-0.1, -0.05) is 12.1 Å². The van der Waals surface area contributed by atoms with E-state index < -0.39 is 29.6 Å². The lowest BCUT2D eigenvalue weighted by molar-refractivity contribution is -0.145. The highest BCUT2D eigenvalue weighted by Gasteiger charge is 2.36. The van der Waals surface area contributed by atoms with Gasteiger partial charge in [-0.25, -0.2) is 9.37 Å². The molecule has 29 heavy (non-hydrogen) atoms. The predicted octanol–water partition coefficient (Wildman–Crippen LogP) is 1.71. The third-order valence-electron chi connectivity index (χ3n) is 4.76. The number of halogens is 1. The van der Waals surface area contributed by atoms with E-state index in [1.807, 2.05) is 0 Å². The Kier molecular flexibility index (Phi) is 5.01. The summed E-state index contributed by atoms with van der Waals surface area (Å²) in [6, 6.07) is 5.31. The van der Waals surface area contributed by atoms with Crippen molar-refractivity contribution < 1.29 is 23.5 Å². The highest BCUT2D eigenvalue weighted by molar-refractivity contribution is 7.15. The Morgan fingerprint density at radius 2 is 2.17 bits per heavy atom. The van der Waals surface area contributed by atoms with Crippen molar-refractivity contribution in [2.24, 2.45) is 0 Å². The summed E-state index contributed by atoms with van der Waals surface area (Å²) in [4.78, 5) is 43.4. The van der Waals surface area contributed by atoms with Gasteiger partial charge in [-0.05, 0) is 12.1 Å². The highest BCUT2D eigenvalue weighted by atomic mass is 32.1. The summed E-state index contributed by atoms with van der Waals surface area (Å²) in [7, 11) is 1.23. The molecule has 1 unspecified atom stereocenters. The van der Waals surface area contributed by atoms with Crippen molar-refractivity contribution >= 4 is 34.1 Å². The van der Waals surface area contributed by atoms with Crippen LogP contribution in [0.25, 0.3) is 16.2 Å². The average molecular weight is 416 g/mol. The van der Waals surface area contributed by atoms with Crippen LogP contribution < -0.4 is 5.32 Å². The standard InChI is InChI=1S/C19H17FN4O4S/c1-28-16(25)8-14-17(26)21-6-7-23(14)18(27)15-10-29-19-22-13(9-24(15)19)11-4-2-3-5-12(11)20/h2-5,9-10,14H,6-8H2,1H3,(H,21,26). The van der Waals surface area contributed by atoms with Gasteiger partial charge >= 0.3 is 5.97 Å². The molecule has 2 amide bonds. The van der Waals surface area contributed by atoms with E-state index in [2.05, 4.69) is 15.0 Å². The number of aromatic nitrogens is 2. The van der Waals surface area contributed by atoms with Crippen LogP contribution >= 0.6 is 11.3 Å². The van der Waals surface area contributed by atoms with Crippen molar-refractivity contribution in [3.05, 3.63) is 47.4 Å². The number of amides is 2. The molecule has 150 valence electrons. The Labute approximate surface area is 168 Å². The molecular weight excluding hydrogens is 399 g/mol. The number of imidazole rings is 1. The zero-order valence-corrected chi connectivity index (χ0v) is 16.2. The summed E-state index contributed by atoms with van der Waals surface area (Å²) in [5.41, 5.74) is 1.04. The van der Waals surface area contributed by atoms with E-state index in [0.29, 0.717) is 28.5 Å². The number of thiazole rings is 1. The maximum absolute atomic E-state index is 14.1. The molecule has 0 bridgehead atoms. The minimum absolute atomic E-state index is 0.230. The summed E-state index contributed by atoms with van der Waals surface area (Å²) in [5.74, 6) is -1.79. The average Bonchev–Trinajstić information content (AvgIpc) is 3.30. The zero-order valence-electron chi connectivity index (χ0n) is 15.4. The largest absolute Gasteiger partial charge is 0.469 e. The third-order valence-corrected chi connectivity index (χ3v) is 5.60. The summed E-state index contributed by atoms with van der Waals surface area (Å²) < 4.78 is 20.3. The van der Waals surface area contributed by atoms with Crippen molar-refractivity contribution in [3.63, 3.8) is 0 Å². The molecule has 0 radical (unpaired) electrons. The molecule has 1 aliphatic heterocycles. The van der Waals surface area contributed by atoms with Gasteiger partial charge in [0.1, 0.15) is 17.6 Å². The maximum Gasteiger partial charge on any atom is 0.308 e. The third kappa shape index (κ3) is 3.46. The quantitative estimate of drug-likeness (QED) is 0.654. The number of piperazine rings is 1. The molecule has 1 aliphatic rings. The number of nitrogens with zero attached hydrogens (tertiary/aromatic N) is 3. The Hall–Kier alpha value is -3.27. The van der Waals surface area contributed by atoms with Crippen LogP contribution in [0.3, 0.4) is 0 Å². The molecule has 1 atom stereocenters. The number of nitrogens with one attached hydrogen (secondary N) is 1. The van der Waals surface area contributed by atoms with Gasteiger partial charge in [-0.3, -0.25) is 18.8 Å². The molecule has 4 rings (SSSR count). The minimum atomic E-state index is -0.951. The van der Waals surface area contributed by atoms with E-state index in [4.69, 9.17) is 0 Å². The monoisotopic (exact) mass is 416 g/mol. The highest BCUT2D eigenvalue weighted by Crippen LogP contribution is 2.26. The number of rotatable bonds is 4. The summed E-state index contributed by atoms with van der Waals surface area (Å²) >= 11 is 1.24. The second-order valence-corrected chi connectivity index (χ2v) is 7.30. The van der Waals surface area contributed by atoms with Crippen LogP contribution in [0.5, 0.6) is 0 Å². The molecule has 1 aromatic carbocycles. The Bertz CT molecular complexity index is 1110. The number of carbonyl (C=O) groups excluding carboxylic acids is 3. The predicted molar refractivity (Wildman–Crippen MR) is 103 cm³/mol. The van der Waals surface area contributed by atoms with Gasteiger partial charge in [0.05, 0.1) is 19.2 Å². The van der Waals surface area contributed by atoms with E-state index in [9.17, 15) is 18.8 Å². The molecule has 1 fully saturated rings. The Balaban J connectivity index is 1.68. The molecule has 3 aromatic rings. The maximum atomic E-state index is 14.1. The molecule has 2 aromatic heterocycles. The molecule has 1 N–H and O–H groups in total. The topological polar surface area (TPSA) is 93.0 Å². The van der Waals surface area contributed by atoms with E-state index in [-0.39, 0.29) is 13.0 Å². The zero-order chi connectivity index (χ0) is 20.5. The Morgan fingerprint density at radius 1 is 1.38 bits per heavy atom. The lowest BCUT2D eigenvalue weighted by Gasteiger charge is -2.34. The van der Waals surface area contributed by atoms with Crippen molar-refractivity contribution in [1.82, 2.24) is 19.6 Å². The van der Waals surface area contributed by atoms with Crippen LogP contribution in [0.15, 0.2) is 35.8 Å². The Morgan fingerprint density at radius 3 is 2.93 bits per heavy atom. The van der Waals surface area contributed by atoms with Crippen LogP contribution in [0.1, 0.15) is 16.9 Å². The van der Waals surface area contributed by atoms with Crippen molar-refractivity contribution in [3.8, 4) is 11.3 Å². The fraction of sp³-hybridized carbons (Fsp3) is 0.263. The van der Waals surface area contributed by atoms with Crippen LogP contribution in [0.4, 0.5) is 4.39 Å². The molecule has 0 spiro atoms. The number of fused-ring (bicyclic) bond motifs is 1. The van der Waals surface area contributed by atoms with Crippen molar-refractivity contribution in [2.45, 2.75) is 12.5 Å². The number of hydrogen-bond acceptors (Lipinski definition) is 6. The SMILES string of the molecule is COC(=O)CC1C(=O)NCCN1C(=O)c1csc2nc(-c3ccccc3F)cn12. The second kappa shape index (κ2) is 7.63. The van der Waals surface area contributed by atoms with E-state index in [0.717, 1.165) is 0 Å². The van der Waals surface area contributed by atoms with Gasteiger partial charge in [-0.15, -0.1) is 11.3 Å². The van der Waals surface area contributed by atoms with Gasteiger partial charge < -0.3 is 15.0 Å². The van der Waals surface area contributed by atoms with Crippen LogP contribution in [0.2, 0.25) is 0 Å². The normalized spacial score (nSPS) is 16.7. The fourth-order valence-corrected chi connectivity index (χ4v) is 4.13. The number of ether oxygens (including phenoxy) is 1. The van der Waals surface area contributed by atoms with Gasteiger partial charge in [0.25, 0.3) is 5.91 Å². The molecule has 0 saturated carbocycles. The lowest BCUT2D eigenvalue weighted by atomic mass is 10.1. The fourth-order valence-electron chi connectivity index (χ4n) is 3.29. The van der Waals surface area contributed by atoms with E-state index >= 15 is 0 Å². The van der Waals surface area contributed by atoms with E-state index in [1.54, 1.807) is 34.2 Å². The molecule has 0 aliphatic carbocycles. The van der Waals surface area contributed by atoms with Crippen molar-refractivity contribution in [2.75, 3.05) is 20.2 Å². The minimum Gasteiger partial charge on any atom is -0.469 e. The van der Waals surface area contributed by atoms with Gasteiger partial charge in [-0.2, -0.15) is 0 Å². The first-order valence-electron chi connectivity index (χ1n) is 8.86. The number of carbonyl (C=O) groups is 3. The first kappa shape index (κ1) is 19.1. The number of hydrogen-bond donors (Lipinski definition) is 1. The second-order valence-electron chi connectivity index (χ2n) is 6.47. The number of esters is 1. The molecule has 1 saturated heterocycles. The first-order valence-corrected chi connectivity index (χ1v) is 9.74. The number of benzene rings is 1. The lowest BCUT2D eigenvalue weighted by Crippen LogP contribution is -2.58. The smallest absolute Gasteiger partial charge is 0.308 e. The van der Waals surface area contributed by atoms with Crippen molar-refractivity contribution in [1.29, 1.82) is 0 Å². The van der Waals surface area contributed by atoms with E-state index in [1.165, 1.54) is 29.4 Å². The molecule has 3 heterocycles. The van der Waals surface area contributed by atoms with Gasteiger partial charge in [0.2, 0.25) is 5.91 Å².